The minimum absolute atomic E-state index is 0.167. The van der Waals surface area contributed by atoms with Gasteiger partial charge in [0.2, 0.25) is 5.91 Å². The minimum Gasteiger partial charge on any atom is -0.497 e. The van der Waals surface area contributed by atoms with Crippen LogP contribution in [0.5, 0.6) is 5.75 Å². The number of nitrogens with zero attached hydrogens (tertiary/aromatic N) is 2. The number of hydrazine groups is 1. The fourth-order valence-corrected chi connectivity index (χ4v) is 6.38. The van der Waals surface area contributed by atoms with Crippen LogP contribution in [0.25, 0.3) is 10.2 Å². The summed E-state index contributed by atoms with van der Waals surface area (Å²) in [6, 6.07) is 6.69. The number of hydrogen-bond acceptors (Lipinski definition) is 7. The molecule has 1 fully saturated rings. The molecular weight excluding hydrogens is 456 g/mol. The van der Waals surface area contributed by atoms with Crippen LogP contribution in [-0.2, 0) is 17.6 Å². The van der Waals surface area contributed by atoms with E-state index in [0.29, 0.717) is 23.1 Å². The second-order valence-electron chi connectivity index (χ2n) is 8.71. The van der Waals surface area contributed by atoms with Crippen molar-refractivity contribution in [1.82, 2.24) is 20.8 Å². The van der Waals surface area contributed by atoms with Crippen LogP contribution in [0, 0.1) is 5.92 Å². The van der Waals surface area contributed by atoms with Gasteiger partial charge in [-0.1, -0.05) is 18.7 Å². The molecule has 2 heterocycles. The summed E-state index contributed by atoms with van der Waals surface area (Å²) in [5, 5.41) is 2.02. The van der Waals surface area contributed by atoms with Gasteiger partial charge in [-0.05, 0) is 67.9 Å². The molecule has 7 nitrogen and oxygen atoms in total. The highest BCUT2D eigenvalue weighted by Crippen LogP contribution is 2.44. The molecule has 172 valence electrons. The zero-order valence-electron chi connectivity index (χ0n) is 18.6. The molecule has 9 heteroatoms. The topological polar surface area (TPSA) is 93.2 Å². The molecule has 33 heavy (non-hydrogen) atoms. The maximum atomic E-state index is 12.5. The normalized spacial score (nSPS) is 17.5. The van der Waals surface area contributed by atoms with Crippen LogP contribution in [0.2, 0.25) is 0 Å². The smallest absolute Gasteiger partial charge is 0.269 e. The number of aryl methyl sites for hydroxylation is 1. The van der Waals surface area contributed by atoms with Crippen molar-refractivity contribution in [2.24, 2.45) is 5.92 Å². The Hall–Kier alpha value is -2.65. The number of rotatable bonds is 6. The molecule has 2 aromatic heterocycles. The third-order valence-corrected chi connectivity index (χ3v) is 8.21. The lowest BCUT2D eigenvalue weighted by Gasteiger charge is -2.18. The van der Waals surface area contributed by atoms with Crippen molar-refractivity contribution >= 4 is 45.1 Å². The number of fused-ring (bicyclic) bond motifs is 3. The molecular formula is C24H26N4O3S2. The van der Waals surface area contributed by atoms with E-state index in [1.807, 2.05) is 0 Å². The maximum absolute atomic E-state index is 12.5. The molecule has 0 spiro atoms. The van der Waals surface area contributed by atoms with Gasteiger partial charge in [0, 0.05) is 21.7 Å². The van der Waals surface area contributed by atoms with Crippen molar-refractivity contribution in [3.63, 3.8) is 0 Å². The summed E-state index contributed by atoms with van der Waals surface area (Å²) in [7, 11) is 1.57. The highest BCUT2D eigenvalue weighted by molar-refractivity contribution is 8.00. The van der Waals surface area contributed by atoms with Crippen LogP contribution in [0.15, 0.2) is 29.3 Å². The van der Waals surface area contributed by atoms with Gasteiger partial charge in [0.25, 0.3) is 5.91 Å². The molecule has 2 aliphatic carbocycles. The van der Waals surface area contributed by atoms with Crippen molar-refractivity contribution in [2.45, 2.75) is 50.0 Å². The van der Waals surface area contributed by atoms with E-state index in [4.69, 9.17) is 14.7 Å². The lowest BCUT2D eigenvalue weighted by molar-refractivity contribution is -0.119. The van der Waals surface area contributed by atoms with E-state index in [-0.39, 0.29) is 17.6 Å². The summed E-state index contributed by atoms with van der Waals surface area (Å²) in [5.74, 6) is 2.22. The summed E-state index contributed by atoms with van der Waals surface area (Å²) >= 11 is 3.22. The molecule has 1 aromatic carbocycles. The van der Waals surface area contributed by atoms with Gasteiger partial charge in [0.05, 0.1) is 12.9 Å². The van der Waals surface area contributed by atoms with Crippen molar-refractivity contribution in [2.75, 3.05) is 12.9 Å². The zero-order valence-corrected chi connectivity index (χ0v) is 20.3. The van der Waals surface area contributed by atoms with Gasteiger partial charge in [-0.2, -0.15) is 0 Å². The maximum Gasteiger partial charge on any atom is 0.269 e. The molecule has 0 radical (unpaired) electrons. The number of carbonyl (C=O) groups is 2. The molecule has 2 aliphatic rings. The van der Waals surface area contributed by atoms with E-state index in [1.54, 1.807) is 42.7 Å². The van der Waals surface area contributed by atoms with Gasteiger partial charge < -0.3 is 4.74 Å². The molecule has 2 N–H and O–H groups in total. The van der Waals surface area contributed by atoms with Gasteiger partial charge in [-0.15, -0.1) is 11.3 Å². The number of benzene rings is 1. The second-order valence-corrected chi connectivity index (χ2v) is 10.8. The fraction of sp³-hybridized carbons (Fsp3) is 0.417. The zero-order chi connectivity index (χ0) is 22.9. The molecule has 3 aromatic rings. The summed E-state index contributed by atoms with van der Waals surface area (Å²) in [6.07, 6.45) is 5.58. The van der Waals surface area contributed by atoms with Gasteiger partial charge in [-0.3, -0.25) is 20.4 Å². The first kappa shape index (κ1) is 22.2. The van der Waals surface area contributed by atoms with E-state index in [9.17, 15) is 9.59 Å². The fourth-order valence-electron chi connectivity index (χ4n) is 4.06. The number of amides is 2. The van der Waals surface area contributed by atoms with Crippen LogP contribution in [-0.4, -0.2) is 34.6 Å². The molecule has 1 atom stereocenters. The lowest BCUT2D eigenvalue weighted by atomic mass is 9.89. The number of aromatic nitrogens is 2. The number of carbonyl (C=O) groups excluding carboxylic acids is 2. The number of ether oxygens (including phenoxy) is 1. The Kier molecular flexibility index (Phi) is 6.25. The van der Waals surface area contributed by atoms with Crippen LogP contribution in [0.1, 0.15) is 58.7 Å². The number of thioether (sulfide) groups is 1. The Labute approximate surface area is 200 Å². The SMILES string of the molecule is COc1ccc(C(=O)NNC(=O)CSc2nc(C3CC3)nc3sc4c(c23)CC[C@@H](C)C4)cc1. The van der Waals surface area contributed by atoms with E-state index in [1.165, 1.54) is 28.6 Å². The van der Waals surface area contributed by atoms with Gasteiger partial charge >= 0.3 is 0 Å². The average Bonchev–Trinajstić information content (AvgIpc) is 3.61. The largest absolute Gasteiger partial charge is 0.497 e. The second kappa shape index (κ2) is 9.30. The molecule has 0 bridgehead atoms. The summed E-state index contributed by atoms with van der Waals surface area (Å²) in [6.45, 7) is 2.30. The van der Waals surface area contributed by atoms with Crippen molar-refractivity contribution in [1.29, 1.82) is 0 Å². The Morgan fingerprint density at radius 3 is 2.67 bits per heavy atom. The summed E-state index contributed by atoms with van der Waals surface area (Å²) < 4.78 is 5.10. The van der Waals surface area contributed by atoms with E-state index in [2.05, 4.69) is 17.8 Å². The van der Waals surface area contributed by atoms with Crippen LogP contribution in [0.3, 0.4) is 0 Å². The summed E-state index contributed by atoms with van der Waals surface area (Å²) in [5.41, 5.74) is 6.79. The quantitative estimate of drug-likeness (QED) is 0.310. The predicted octanol–water partition coefficient (Wildman–Crippen LogP) is 4.26. The molecule has 5 rings (SSSR count). The van der Waals surface area contributed by atoms with Gasteiger partial charge in [0.15, 0.2) is 0 Å². The van der Waals surface area contributed by atoms with Gasteiger partial charge in [-0.25, -0.2) is 9.97 Å². The average molecular weight is 483 g/mol. The molecule has 1 saturated carbocycles. The van der Waals surface area contributed by atoms with Crippen LogP contribution < -0.4 is 15.6 Å². The Morgan fingerprint density at radius 1 is 1.15 bits per heavy atom. The van der Waals surface area contributed by atoms with Crippen LogP contribution in [0.4, 0.5) is 0 Å². The van der Waals surface area contributed by atoms with Crippen molar-refractivity contribution in [3.8, 4) is 5.75 Å². The third kappa shape index (κ3) is 4.84. The highest BCUT2D eigenvalue weighted by atomic mass is 32.2. The Balaban J connectivity index is 1.27. The minimum atomic E-state index is -0.377. The predicted molar refractivity (Wildman–Crippen MR) is 130 cm³/mol. The standard InChI is InChI=1S/C24H26N4O3S2/c1-13-3-10-17-18(11-13)33-24-20(17)23(25-21(26-24)14-4-5-14)32-12-19(29)27-28-22(30)15-6-8-16(31-2)9-7-15/h6-9,13-14H,3-5,10-12H2,1-2H3,(H,27,29)(H,28,30)/t13-/m1/s1. The highest BCUT2D eigenvalue weighted by Gasteiger charge is 2.30. The summed E-state index contributed by atoms with van der Waals surface area (Å²) in [4.78, 5) is 37.0. The number of thiophene rings is 1. The van der Waals surface area contributed by atoms with Crippen molar-refractivity contribution in [3.05, 3.63) is 46.1 Å². The first-order valence-corrected chi connectivity index (χ1v) is 13.0. The monoisotopic (exact) mass is 482 g/mol. The van der Waals surface area contributed by atoms with Gasteiger partial charge in [0.1, 0.15) is 21.4 Å². The lowest BCUT2D eigenvalue weighted by Crippen LogP contribution is -2.42. The number of methoxy groups -OCH3 is 1. The first-order chi connectivity index (χ1) is 16.0. The molecule has 0 aliphatic heterocycles. The Bertz CT molecular complexity index is 1200. The van der Waals surface area contributed by atoms with E-state index < -0.39 is 0 Å². The molecule has 0 saturated heterocycles. The Morgan fingerprint density at radius 2 is 1.94 bits per heavy atom. The van der Waals surface area contributed by atoms with Crippen molar-refractivity contribution < 1.29 is 14.3 Å². The first-order valence-electron chi connectivity index (χ1n) is 11.2. The molecule has 0 unspecified atom stereocenters. The van der Waals surface area contributed by atoms with E-state index >= 15 is 0 Å². The van der Waals surface area contributed by atoms with E-state index in [0.717, 1.165) is 46.8 Å². The number of hydrogen-bond donors (Lipinski definition) is 2. The molecule has 2 amide bonds. The third-order valence-electron chi connectivity index (χ3n) is 6.09. The number of nitrogens with one attached hydrogen (secondary N) is 2. The van der Waals surface area contributed by atoms with Crippen LogP contribution >= 0.6 is 23.1 Å².